The predicted molar refractivity (Wildman–Crippen MR) is 111 cm³/mol. The van der Waals surface area contributed by atoms with E-state index in [0.717, 1.165) is 24.5 Å². The first-order chi connectivity index (χ1) is 13.5. The fourth-order valence-corrected chi connectivity index (χ4v) is 5.74. The number of sulfone groups is 1. The van der Waals surface area contributed by atoms with Crippen LogP contribution in [0.2, 0.25) is 0 Å². The van der Waals surface area contributed by atoms with Gasteiger partial charge in [0.2, 0.25) is 0 Å². The van der Waals surface area contributed by atoms with Gasteiger partial charge in [0.05, 0.1) is 22.8 Å². The largest absolute Gasteiger partial charge is 0.355 e. The molecule has 2 aliphatic rings. The molecule has 0 bridgehead atoms. The van der Waals surface area contributed by atoms with Crippen molar-refractivity contribution in [2.45, 2.75) is 12.5 Å². The number of rotatable bonds is 4. The van der Waals surface area contributed by atoms with Crippen LogP contribution in [0.3, 0.4) is 0 Å². The van der Waals surface area contributed by atoms with Gasteiger partial charge in [0.25, 0.3) is 5.91 Å². The lowest BCUT2D eigenvalue weighted by molar-refractivity contribution is 0.0589. The second-order valence-electron chi connectivity index (χ2n) is 7.42. The van der Waals surface area contributed by atoms with Gasteiger partial charge in [0.1, 0.15) is 0 Å². The summed E-state index contributed by atoms with van der Waals surface area (Å²) in [5, 5.41) is 3.33. The Morgan fingerprint density at radius 3 is 2.29 bits per heavy atom. The van der Waals surface area contributed by atoms with Crippen molar-refractivity contribution in [1.82, 2.24) is 9.80 Å². The monoisotopic (exact) mass is 399 g/mol. The van der Waals surface area contributed by atoms with E-state index in [1.54, 1.807) is 0 Å². The van der Waals surface area contributed by atoms with Crippen LogP contribution in [0, 0.1) is 0 Å². The van der Waals surface area contributed by atoms with E-state index in [-0.39, 0.29) is 23.5 Å². The van der Waals surface area contributed by atoms with Gasteiger partial charge in [0.15, 0.2) is 9.84 Å². The molecule has 2 aromatic rings. The van der Waals surface area contributed by atoms with E-state index >= 15 is 0 Å². The van der Waals surface area contributed by atoms with Crippen molar-refractivity contribution in [2.24, 2.45) is 0 Å². The summed E-state index contributed by atoms with van der Waals surface area (Å²) in [4.78, 5) is 17.2. The summed E-state index contributed by atoms with van der Waals surface area (Å²) in [5.74, 6) is 0.554. The fourth-order valence-electron chi connectivity index (χ4n) is 3.98. The van der Waals surface area contributed by atoms with Gasteiger partial charge in [-0.15, -0.1) is 0 Å². The number of hydrogen-bond donors (Lipinski definition) is 1. The summed E-state index contributed by atoms with van der Waals surface area (Å²) in [6.07, 6.45) is 0.708. The average Bonchev–Trinajstić information content (AvgIpc) is 3.09. The van der Waals surface area contributed by atoms with Crippen molar-refractivity contribution in [3.8, 4) is 0 Å². The lowest BCUT2D eigenvalue weighted by Gasteiger charge is -2.37. The summed E-state index contributed by atoms with van der Waals surface area (Å²) >= 11 is 0. The van der Waals surface area contributed by atoms with Crippen molar-refractivity contribution in [1.29, 1.82) is 0 Å². The number of nitrogens with one attached hydrogen (secondary N) is 1. The van der Waals surface area contributed by atoms with E-state index in [1.807, 2.05) is 59.5 Å². The molecule has 1 amide bonds. The number of amides is 1. The Hall–Kier alpha value is -2.38. The van der Waals surface area contributed by atoms with Crippen molar-refractivity contribution < 1.29 is 13.2 Å². The van der Waals surface area contributed by atoms with Crippen LogP contribution in [0.1, 0.15) is 16.8 Å². The number of carbonyl (C=O) groups is 1. The van der Waals surface area contributed by atoms with Crippen molar-refractivity contribution in [3.05, 3.63) is 60.2 Å². The standard InChI is InChI=1S/C21H25N3O3S/c25-21(19-8-4-5-9-20(19)22-17-6-2-1-3-7-17)24-13-11-23(12-14-24)18-10-15-28(26,27)16-18/h1-9,18,22H,10-16H2. The lowest BCUT2D eigenvalue weighted by Crippen LogP contribution is -2.52. The number of benzene rings is 2. The molecule has 1 unspecified atom stereocenters. The third-order valence-electron chi connectivity index (χ3n) is 5.54. The Labute approximate surface area is 166 Å². The maximum atomic E-state index is 13.1. The molecule has 0 aliphatic carbocycles. The van der Waals surface area contributed by atoms with E-state index < -0.39 is 9.84 Å². The molecule has 2 aromatic carbocycles. The zero-order chi connectivity index (χ0) is 19.6. The van der Waals surface area contributed by atoms with Gasteiger partial charge < -0.3 is 10.2 Å². The summed E-state index contributed by atoms with van der Waals surface area (Å²) in [7, 11) is -2.88. The quantitative estimate of drug-likeness (QED) is 0.855. The van der Waals surface area contributed by atoms with Crippen molar-refractivity contribution in [2.75, 3.05) is 43.0 Å². The van der Waals surface area contributed by atoms with E-state index in [1.165, 1.54) is 0 Å². The first-order valence-corrected chi connectivity index (χ1v) is 11.5. The van der Waals surface area contributed by atoms with Crippen LogP contribution in [-0.2, 0) is 9.84 Å². The van der Waals surface area contributed by atoms with Crippen molar-refractivity contribution >= 4 is 27.1 Å². The first kappa shape index (κ1) is 19.0. The predicted octanol–water partition coefficient (Wildman–Crippen LogP) is 2.38. The second kappa shape index (κ2) is 7.93. The van der Waals surface area contributed by atoms with Crippen LogP contribution >= 0.6 is 0 Å². The molecule has 2 aliphatic heterocycles. The normalized spacial score (nSPS) is 22.1. The van der Waals surface area contributed by atoms with E-state index in [9.17, 15) is 13.2 Å². The van der Waals surface area contributed by atoms with E-state index in [2.05, 4.69) is 10.2 Å². The Balaban J connectivity index is 1.42. The van der Waals surface area contributed by atoms with Gasteiger partial charge in [-0.2, -0.15) is 0 Å². The molecule has 2 fully saturated rings. The molecule has 1 N–H and O–H groups in total. The fraction of sp³-hybridized carbons (Fsp3) is 0.381. The lowest BCUT2D eigenvalue weighted by atomic mass is 10.1. The maximum absolute atomic E-state index is 13.1. The number of para-hydroxylation sites is 2. The number of piperazine rings is 1. The van der Waals surface area contributed by atoms with Crippen LogP contribution in [0.15, 0.2) is 54.6 Å². The molecule has 0 spiro atoms. The molecule has 0 saturated carbocycles. The Kier molecular flexibility index (Phi) is 5.37. The minimum atomic E-state index is -2.88. The van der Waals surface area contributed by atoms with E-state index in [0.29, 0.717) is 25.1 Å². The van der Waals surface area contributed by atoms with Crippen LogP contribution in [0.25, 0.3) is 0 Å². The molecule has 0 aromatic heterocycles. The topological polar surface area (TPSA) is 69.7 Å². The number of anilines is 2. The minimum Gasteiger partial charge on any atom is -0.355 e. The molecule has 4 rings (SSSR count). The molecule has 0 radical (unpaired) electrons. The minimum absolute atomic E-state index is 0.0118. The second-order valence-corrected chi connectivity index (χ2v) is 9.65. The Morgan fingerprint density at radius 2 is 1.61 bits per heavy atom. The summed E-state index contributed by atoms with van der Waals surface area (Å²) in [6, 6.07) is 17.5. The summed E-state index contributed by atoms with van der Waals surface area (Å²) < 4.78 is 23.5. The first-order valence-electron chi connectivity index (χ1n) is 9.67. The number of nitrogens with zero attached hydrogens (tertiary/aromatic N) is 2. The highest BCUT2D eigenvalue weighted by atomic mass is 32.2. The van der Waals surface area contributed by atoms with Crippen LogP contribution in [-0.4, -0.2) is 67.9 Å². The zero-order valence-corrected chi connectivity index (χ0v) is 16.6. The van der Waals surface area contributed by atoms with Crippen LogP contribution in [0.4, 0.5) is 11.4 Å². The molecular weight excluding hydrogens is 374 g/mol. The molecule has 2 saturated heterocycles. The highest BCUT2D eigenvalue weighted by Crippen LogP contribution is 2.24. The van der Waals surface area contributed by atoms with Gasteiger partial charge in [-0.1, -0.05) is 30.3 Å². The SMILES string of the molecule is O=C(c1ccccc1Nc1ccccc1)N1CCN(C2CCS(=O)(=O)C2)CC1. The van der Waals surface area contributed by atoms with Gasteiger partial charge in [-0.05, 0) is 30.7 Å². The van der Waals surface area contributed by atoms with Gasteiger partial charge in [0, 0.05) is 37.9 Å². The molecular formula is C21H25N3O3S. The summed E-state index contributed by atoms with van der Waals surface area (Å²) in [6.45, 7) is 2.69. The zero-order valence-electron chi connectivity index (χ0n) is 15.8. The van der Waals surface area contributed by atoms with Crippen molar-refractivity contribution in [3.63, 3.8) is 0 Å². The molecule has 2 heterocycles. The Bertz CT molecular complexity index is 938. The Morgan fingerprint density at radius 1 is 0.929 bits per heavy atom. The highest BCUT2D eigenvalue weighted by molar-refractivity contribution is 7.91. The van der Waals surface area contributed by atoms with Gasteiger partial charge >= 0.3 is 0 Å². The number of carbonyl (C=O) groups excluding carboxylic acids is 1. The molecule has 1 atom stereocenters. The third-order valence-corrected chi connectivity index (χ3v) is 7.29. The molecule has 7 heteroatoms. The van der Waals surface area contributed by atoms with E-state index in [4.69, 9.17) is 0 Å². The van der Waals surface area contributed by atoms with Crippen LogP contribution < -0.4 is 5.32 Å². The average molecular weight is 400 g/mol. The molecule has 28 heavy (non-hydrogen) atoms. The smallest absolute Gasteiger partial charge is 0.256 e. The van der Waals surface area contributed by atoms with Crippen LogP contribution in [0.5, 0.6) is 0 Å². The van der Waals surface area contributed by atoms with Gasteiger partial charge in [-0.3, -0.25) is 9.69 Å². The van der Waals surface area contributed by atoms with Gasteiger partial charge in [-0.25, -0.2) is 8.42 Å². The maximum Gasteiger partial charge on any atom is 0.256 e. The molecule has 6 nitrogen and oxygen atoms in total. The molecule has 148 valence electrons. The third kappa shape index (κ3) is 4.20. The number of hydrogen-bond acceptors (Lipinski definition) is 5. The summed E-state index contributed by atoms with van der Waals surface area (Å²) in [5.41, 5.74) is 2.39. The highest BCUT2D eigenvalue weighted by Gasteiger charge is 2.34.